The first kappa shape index (κ1) is 35.4. The second kappa shape index (κ2) is 17.0. The maximum atomic E-state index is 6.52. The van der Waals surface area contributed by atoms with Crippen LogP contribution >= 0.6 is 0 Å². The van der Waals surface area contributed by atoms with E-state index in [1.807, 2.05) is 0 Å². The number of benzene rings is 6. The number of unbranched alkanes of at least 4 members (excludes halogenated alkanes) is 2. The molecule has 0 bridgehead atoms. The third-order valence-corrected chi connectivity index (χ3v) is 10.0. The Morgan fingerprint density at radius 2 is 0.811 bits per heavy atom. The molecule has 0 N–H and O–H groups in total. The fraction of sp³-hybridized carbons (Fsp3) is 0.184. The zero-order valence-corrected chi connectivity index (χ0v) is 30.2. The Morgan fingerprint density at radius 1 is 0.415 bits per heavy atom. The van der Waals surface area contributed by atoms with Crippen LogP contribution in [0.2, 0.25) is 0 Å². The molecule has 0 spiro atoms. The lowest BCUT2D eigenvalue weighted by Crippen LogP contribution is -2.29. The molecule has 0 fully saturated rings. The fourth-order valence-electron chi connectivity index (χ4n) is 7.59. The van der Waals surface area contributed by atoms with E-state index in [1.165, 1.54) is 45.9 Å². The summed E-state index contributed by atoms with van der Waals surface area (Å²) in [7, 11) is 0. The van der Waals surface area contributed by atoms with Crippen LogP contribution in [0.15, 0.2) is 171 Å². The normalized spacial score (nSPS) is 12.3. The van der Waals surface area contributed by atoms with Crippen molar-refractivity contribution < 1.29 is 18.9 Å². The van der Waals surface area contributed by atoms with Gasteiger partial charge in [-0.1, -0.05) is 134 Å². The highest BCUT2D eigenvalue weighted by Gasteiger charge is 2.46. The van der Waals surface area contributed by atoms with Crippen molar-refractivity contribution in [1.82, 2.24) is 0 Å². The molecule has 266 valence electrons. The van der Waals surface area contributed by atoms with E-state index < -0.39 is 5.41 Å². The van der Waals surface area contributed by atoms with E-state index in [4.69, 9.17) is 18.9 Å². The number of fused-ring (bicyclic) bond motifs is 3. The van der Waals surface area contributed by atoms with E-state index in [0.717, 1.165) is 59.4 Å². The monoisotopic (exact) mass is 698 g/mol. The molecule has 0 saturated heterocycles. The summed E-state index contributed by atoms with van der Waals surface area (Å²) >= 11 is 0. The van der Waals surface area contributed by atoms with Crippen LogP contribution < -0.4 is 9.47 Å². The molecule has 0 unspecified atom stereocenters. The first-order chi connectivity index (χ1) is 26.3. The Labute approximate surface area is 314 Å². The van der Waals surface area contributed by atoms with Crippen molar-refractivity contribution >= 4 is 0 Å². The smallest absolute Gasteiger partial charge is 0.127 e. The molecular formula is C49H46O4. The average molecular weight is 699 g/mol. The Kier molecular flexibility index (Phi) is 11.4. The second-order valence-corrected chi connectivity index (χ2v) is 13.2. The predicted molar refractivity (Wildman–Crippen MR) is 216 cm³/mol. The van der Waals surface area contributed by atoms with Crippen LogP contribution in [-0.2, 0) is 14.9 Å². The van der Waals surface area contributed by atoms with E-state index in [2.05, 4.69) is 159 Å². The molecule has 1 aliphatic carbocycles. The minimum atomic E-state index is -0.610. The van der Waals surface area contributed by atoms with Crippen LogP contribution in [0, 0.1) is 0 Å². The maximum absolute atomic E-state index is 6.52. The van der Waals surface area contributed by atoms with Gasteiger partial charge in [0, 0.05) is 11.1 Å². The van der Waals surface area contributed by atoms with Gasteiger partial charge >= 0.3 is 0 Å². The quantitative estimate of drug-likeness (QED) is 0.0660. The Bertz CT molecular complexity index is 1980. The molecule has 7 rings (SSSR count). The third kappa shape index (κ3) is 7.36. The first-order valence-electron chi connectivity index (χ1n) is 18.6. The van der Waals surface area contributed by atoms with Crippen LogP contribution in [0.25, 0.3) is 33.4 Å². The molecule has 0 heterocycles. The number of ether oxygens (including phenoxy) is 4. The van der Waals surface area contributed by atoms with E-state index in [0.29, 0.717) is 26.4 Å². The lowest BCUT2D eigenvalue weighted by atomic mass is 9.67. The van der Waals surface area contributed by atoms with Gasteiger partial charge in [-0.05, 0) is 94.5 Å². The lowest BCUT2D eigenvalue weighted by molar-refractivity contribution is 0.226. The highest BCUT2D eigenvalue weighted by molar-refractivity contribution is 5.88. The van der Waals surface area contributed by atoms with Crippen molar-refractivity contribution in [2.45, 2.75) is 31.1 Å². The van der Waals surface area contributed by atoms with Gasteiger partial charge in [-0.3, -0.25) is 0 Å². The van der Waals surface area contributed by atoms with Crippen LogP contribution in [0.1, 0.15) is 47.9 Å². The minimum Gasteiger partial charge on any atom is -0.502 e. The maximum Gasteiger partial charge on any atom is 0.127 e. The van der Waals surface area contributed by atoms with Crippen LogP contribution in [0.4, 0.5) is 0 Å². The first-order valence-corrected chi connectivity index (χ1v) is 18.6. The third-order valence-electron chi connectivity index (χ3n) is 10.0. The zero-order valence-electron chi connectivity index (χ0n) is 30.2. The van der Waals surface area contributed by atoms with Crippen LogP contribution in [0.3, 0.4) is 0 Å². The van der Waals surface area contributed by atoms with Gasteiger partial charge in [0.15, 0.2) is 0 Å². The molecule has 4 nitrogen and oxygen atoms in total. The van der Waals surface area contributed by atoms with Gasteiger partial charge < -0.3 is 18.9 Å². The van der Waals surface area contributed by atoms with E-state index >= 15 is 0 Å². The summed E-state index contributed by atoms with van der Waals surface area (Å²) in [6.07, 6.45) is 6.55. The van der Waals surface area contributed by atoms with Crippen molar-refractivity contribution in [3.05, 3.63) is 194 Å². The molecule has 0 atom stereocenters. The Balaban J connectivity index is 1.39. The van der Waals surface area contributed by atoms with Gasteiger partial charge in [-0.2, -0.15) is 0 Å². The summed E-state index contributed by atoms with van der Waals surface area (Å²) in [6, 6.07) is 52.4. The summed E-state index contributed by atoms with van der Waals surface area (Å²) in [5, 5.41) is 0. The molecule has 1 aliphatic rings. The molecule has 0 aliphatic heterocycles. The average Bonchev–Trinajstić information content (AvgIpc) is 3.52. The molecule has 4 heteroatoms. The summed E-state index contributed by atoms with van der Waals surface area (Å²) < 4.78 is 23.7. The summed E-state index contributed by atoms with van der Waals surface area (Å²) in [6.45, 7) is 9.77. The molecule has 0 saturated carbocycles. The van der Waals surface area contributed by atoms with Crippen molar-refractivity contribution in [1.29, 1.82) is 0 Å². The van der Waals surface area contributed by atoms with Gasteiger partial charge in [-0.25, -0.2) is 0 Å². The highest BCUT2D eigenvalue weighted by atomic mass is 16.5. The summed E-state index contributed by atoms with van der Waals surface area (Å²) in [5.41, 5.74) is 11.1. The molecule has 6 aromatic carbocycles. The van der Waals surface area contributed by atoms with Gasteiger partial charge in [0.05, 0.1) is 44.4 Å². The second-order valence-electron chi connectivity index (χ2n) is 13.2. The van der Waals surface area contributed by atoms with Crippen LogP contribution in [0.5, 0.6) is 11.5 Å². The van der Waals surface area contributed by atoms with Gasteiger partial charge in [-0.15, -0.1) is 0 Å². The molecule has 6 aromatic rings. The Morgan fingerprint density at radius 3 is 1.25 bits per heavy atom. The van der Waals surface area contributed by atoms with E-state index in [1.54, 1.807) is 0 Å². The van der Waals surface area contributed by atoms with E-state index in [9.17, 15) is 0 Å². The van der Waals surface area contributed by atoms with Gasteiger partial charge in [0.2, 0.25) is 0 Å². The van der Waals surface area contributed by atoms with Gasteiger partial charge in [0.25, 0.3) is 0 Å². The predicted octanol–water partition coefficient (Wildman–Crippen LogP) is 12.0. The largest absolute Gasteiger partial charge is 0.502 e. The van der Waals surface area contributed by atoms with E-state index in [-0.39, 0.29) is 0 Å². The van der Waals surface area contributed by atoms with Crippen molar-refractivity contribution in [2.75, 3.05) is 26.4 Å². The topological polar surface area (TPSA) is 36.9 Å². The van der Waals surface area contributed by atoms with Gasteiger partial charge in [0.1, 0.15) is 11.5 Å². The van der Waals surface area contributed by atoms with Crippen LogP contribution in [-0.4, -0.2) is 26.4 Å². The SMILES string of the molecule is C=COCCCCOc1ccc(C2(c3ccc(OCCCCOC=C)c(-c4ccccc4)c3)c3ccccc3-c3ccccc32)cc1-c1ccccc1. The zero-order chi connectivity index (χ0) is 36.3. The number of rotatable bonds is 18. The number of hydrogen-bond acceptors (Lipinski definition) is 4. The molecule has 53 heavy (non-hydrogen) atoms. The summed E-state index contributed by atoms with van der Waals surface area (Å²) in [4.78, 5) is 0. The summed E-state index contributed by atoms with van der Waals surface area (Å²) in [5.74, 6) is 1.73. The fourth-order valence-corrected chi connectivity index (χ4v) is 7.59. The van der Waals surface area contributed by atoms with Crippen molar-refractivity contribution in [3.63, 3.8) is 0 Å². The number of hydrogen-bond donors (Lipinski definition) is 0. The van der Waals surface area contributed by atoms with Crippen molar-refractivity contribution in [3.8, 4) is 44.9 Å². The highest BCUT2D eigenvalue weighted by Crippen LogP contribution is 2.57. The van der Waals surface area contributed by atoms with Crippen molar-refractivity contribution in [2.24, 2.45) is 0 Å². The molecule has 0 aromatic heterocycles. The lowest BCUT2D eigenvalue weighted by Gasteiger charge is -2.35. The minimum absolute atomic E-state index is 0.597. The molecule has 0 radical (unpaired) electrons. The Hall–Kier alpha value is -6.00. The standard InChI is InChI=1S/C49H46O4/c1-3-50-31-15-17-33-52-47-29-27-39(35-43(47)37-19-7-5-8-20-37)49(45-25-13-11-23-41(45)42-24-12-14-26-46(42)49)40-28-30-48(53-34-18-16-32-51-4-2)44(36-40)38-21-9-6-10-22-38/h3-14,19-30,35-36H,1-2,15-18,31-34H2. The molecule has 0 amide bonds. The molecular weight excluding hydrogens is 653 g/mol.